The minimum Gasteiger partial charge on any atom is -0.301 e. The summed E-state index contributed by atoms with van der Waals surface area (Å²) in [7, 11) is 0. The average molecular weight is 339 g/mol. The van der Waals surface area contributed by atoms with E-state index in [1.165, 1.54) is 82.4 Å². The Morgan fingerprint density at radius 1 is 0.913 bits per heavy atom. The molecule has 1 rings (SSSR count). The highest BCUT2D eigenvalue weighted by molar-refractivity contribution is 7.98. The number of rotatable bonds is 14. The number of thioether (sulfide) groups is 1. The van der Waals surface area contributed by atoms with Gasteiger partial charge in [-0.3, -0.25) is 4.79 Å². The van der Waals surface area contributed by atoms with E-state index in [-0.39, 0.29) is 5.56 Å². The Kier molecular flexibility index (Phi) is 12.0. The highest BCUT2D eigenvalue weighted by atomic mass is 32.2. The normalized spacial score (nSPS) is 11.0. The van der Waals surface area contributed by atoms with Crippen LogP contribution in [-0.4, -0.2) is 16.2 Å². The molecule has 1 aromatic heterocycles. The zero-order valence-electron chi connectivity index (χ0n) is 15.0. The fraction of sp³-hybridized carbons (Fsp3) is 0.789. The van der Waals surface area contributed by atoms with Gasteiger partial charge in [0.2, 0.25) is 0 Å². The summed E-state index contributed by atoms with van der Waals surface area (Å²) in [4.78, 5) is 18.7. The Hall–Kier alpha value is -0.770. The maximum absolute atomic E-state index is 11.5. The van der Waals surface area contributed by atoms with Gasteiger partial charge < -0.3 is 4.98 Å². The summed E-state index contributed by atoms with van der Waals surface area (Å²) in [5.74, 6) is 0. The van der Waals surface area contributed by atoms with E-state index >= 15 is 0 Å². The number of H-pyrrole nitrogens is 1. The van der Waals surface area contributed by atoms with Crippen LogP contribution in [0.4, 0.5) is 0 Å². The van der Waals surface area contributed by atoms with E-state index in [4.69, 9.17) is 0 Å². The Morgan fingerprint density at radius 3 is 1.96 bits per heavy atom. The Balaban J connectivity index is 1.95. The summed E-state index contributed by atoms with van der Waals surface area (Å²) >= 11 is 1.49. The first-order valence-corrected chi connectivity index (χ1v) is 10.6. The van der Waals surface area contributed by atoms with Crippen molar-refractivity contribution in [3.63, 3.8) is 0 Å². The average Bonchev–Trinajstić information content (AvgIpc) is 2.55. The fourth-order valence-electron chi connectivity index (χ4n) is 2.86. The van der Waals surface area contributed by atoms with Crippen molar-refractivity contribution in [3.05, 3.63) is 22.1 Å². The Bertz CT molecular complexity index is 459. The standard InChI is InChI=1S/C19H34N2OS/c1-3-4-5-6-7-8-9-10-11-12-13-14-15-17-16-18(22)21-19(20-17)23-2/h16H,3-15H2,1-2H3,(H,20,21,22). The molecule has 4 heteroatoms. The van der Waals surface area contributed by atoms with Crippen LogP contribution in [0, 0.1) is 0 Å². The van der Waals surface area contributed by atoms with Gasteiger partial charge in [0, 0.05) is 11.8 Å². The van der Waals surface area contributed by atoms with Gasteiger partial charge in [0.25, 0.3) is 5.56 Å². The highest BCUT2D eigenvalue weighted by Crippen LogP contribution is 2.13. The molecule has 0 aliphatic rings. The molecular weight excluding hydrogens is 304 g/mol. The van der Waals surface area contributed by atoms with Crippen molar-refractivity contribution in [2.24, 2.45) is 0 Å². The van der Waals surface area contributed by atoms with Gasteiger partial charge in [-0.1, -0.05) is 89.3 Å². The molecule has 1 heterocycles. The minimum atomic E-state index is -0.0294. The Morgan fingerprint density at radius 2 is 1.43 bits per heavy atom. The third-order valence-corrected chi connectivity index (χ3v) is 4.83. The summed E-state index contributed by atoms with van der Waals surface area (Å²) in [5, 5.41) is 0.728. The molecule has 3 nitrogen and oxygen atoms in total. The van der Waals surface area contributed by atoms with Gasteiger partial charge in [-0.05, 0) is 19.1 Å². The molecule has 0 unspecified atom stereocenters. The molecule has 0 atom stereocenters. The molecule has 0 spiro atoms. The SMILES string of the molecule is CCCCCCCCCCCCCCc1cc(=O)[nH]c(SC)n1. The molecule has 0 aromatic carbocycles. The van der Waals surface area contributed by atoms with Gasteiger partial charge in [-0.2, -0.15) is 0 Å². The lowest BCUT2D eigenvalue weighted by molar-refractivity contribution is 0.543. The summed E-state index contributed by atoms with van der Waals surface area (Å²) in [6, 6.07) is 1.64. The van der Waals surface area contributed by atoms with E-state index in [0.717, 1.165) is 23.7 Å². The van der Waals surface area contributed by atoms with Crippen LogP contribution in [0.5, 0.6) is 0 Å². The van der Waals surface area contributed by atoms with Crippen molar-refractivity contribution >= 4 is 11.8 Å². The molecule has 0 bridgehead atoms. The molecule has 1 N–H and O–H groups in total. The number of nitrogens with one attached hydrogen (secondary N) is 1. The molecule has 0 aliphatic carbocycles. The summed E-state index contributed by atoms with van der Waals surface area (Å²) < 4.78 is 0. The molecule has 0 saturated carbocycles. The molecule has 0 fully saturated rings. The topological polar surface area (TPSA) is 45.8 Å². The minimum absolute atomic E-state index is 0.0294. The maximum Gasteiger partial charge on any atom is 0.251 e. The van der Waals surface area contributed by atoms with Crippen LogP contribution < -0.4 is 5.56 Å². The first-order chi connectivity index (χ1) is 11.3. The molecular formula is C19H34N2OS. The van der Waals surface area contributed by atoms with Crippen molar-refractivity contribution in [1.82, 2.24) is 9.97 Å². The Labute approximate surface area is 146 Å². The molecule has 0 aliphatic heterocycles. The summed E-state index contributed by atoms with van der Waals surface area (Å²) in [6.45, 7) is 2.27. The smallest absolute Gasteiger partial charge is 0.251 e. The lowest BCUT2D eigenvalue weighted by Gasteiger charge is -2.04. The van der Waals surface area contributed by atoms with Crippen molar-refractivity contribution in [3.8, 4) is 0 Å². The lowest BCUT2D eigenvalue weighted by Crippen LogP contribution is -2.09. The van der Waals surface area contributed by atoms with Crippen molar-refractivity contribution < 1.29 is 0 Å². The highest BCUT2D eigenvalue weighted by Gasteiger charge is 2.00. The van der Waals surface area contributed by atoms with Gasteiger partial charge in [0.05, 0.1) is 0 Å². The van der Waals surface area contributed by atoms with Gasteiger partial charge in [-0.15, -0.1) is 0 Å². The van der Waals surface area contributed by atoms with E-state index < -0.39 is 0 Å². The van der Waals surface area contributed by atoms with E-state index in [0.29, 0.717) is 0 Å². The van der Waals surface area contributed by atoms with E-state index in [1.807, 2.05) is 6.26 Å². The van der Waals surface area contributed by atoms with Gasteiger partial charge in [0.1, 0.15) is 0 Å². The molecule has 132 valence electrons. The van der Waals surface area contributed by atoms with Crippen LogP contribution in [0.1, 0.15) is 89.7 Å². The zero-order valence-corrected chi connectivity index (χ0v) is 15.8. The first kappa shape index (κ1) is 20.3. The lowest BCUT2D eigenvalue weighted by atomic mass is 10.0. The van der Waals surface area contributed by atoms with Gasteiger partial charge in [0.15, 0.2) is 5.16 Å². The predicted molar refractivity (Wildman–Crippen MR) is 101 cm³/mol. The van der Waals surface area contributed by atoms with Crippen LogP contribution in [0.15, 0.2) is 16.0 Å². The third-order valence-electron chi connectivity index (χ3n) is 4.25. The number of aryl methyl sites for hydroxylation is 1. The first-order valence-electron chi connectivity index (χ1n) is 9.40. The van der Waals surface area contributed by atoms with Crippen molar-refractivity contribution in [2.45, 2.75) is 95.6 Å². The number of unbranched alkanes of at least 4 members (excludes halogenated alkanes) is 11. The number of aromatic amines is 1. The van der Waals surface area contributed by atoms with Crippen molar-refractivity contribution in [1.29, 1.82) is 0 Å². The molecule has 1 aromatic rings. The van der Waals surface area contributed by atoms with Crippen LogP contribution in [0.2, 0.25) is 0 Å². The molecule has 23 heavy (non-hydrogen) atoms. The second kappa shape index (κ2) is 13.6. The number of aromatic nitrogens is 2. The van der Waals surface area contributed by atoms with Gasteiger partial charge in [-0.25, -0.2) is 4.98 Å². The van der Waals surface area contributed by atoms with Crippen LogP contribution in [-0.2, 0) is 6.42 Å². The van der Waals surface area contributed by atoms with Crippen molar-refractivity contribution in [2.75, 3.05) is 6.26 Å². The van der Waals surface area contributed by atoms with Crippen LogP contribution >= 0.6 is 11.8 Å². The second-order valence-corrected chi connectivity index (χ2v) is 7.18. The quantitative estimate of drug-likeness (QED) is 0.267. The van der Waals surface area contributed by atoms with E-state index in [1.54, 1.807) is 6.07 Å². The van der Waals surface area contributed by atoms with Crippen LogP contribution in [0.3, 0.4) is 0 Å². The molecule has 0 saturated heterocycles. The second-order valence-electron chi connectivity index (χ2n) is 6.39. The van der Waals surface area contributed by atoms with E-state index in [2.05, 4.69) is 16.9 Å². The summed E-state index contributed by atoms with van der Waals surface area (Å²) in [5.41, 5.74) is 0.906. The fourth-order valence-corrected chi connectivity index (χ4v) is 3.27. The summed E-state index contributed by atoms with van der Waals surface area (Å²) in [6.07, 6.45) is 19.1. The molecule has 0 amide bonds. The third kappa shape index (κ3) is 10.6. The van der Waals surface area contributed by atoms with Crippen LogP contribution in [0.25, 0.3) is 0 Å². The number of nitrogens with zero attached hydrogens (tertiary/aromatic N) is 1. The van der Waals surface area contributed by atoms with E-state index in [9.17, 15) is 4.79 Å². The number of hydrogen-bond acceptors (Lipinski definition) is 3. The largest absolute Gasteiger partial charge is 0.301 e. The monoisotopic (exact) mass is 338 g/mol. The maximum atomic E-state index is 11.5. The molecule has 0 radical (unpaired) electrons. The predicted octanol–water partition coefficient (Wildman–Crippen LogP) is 5.74. The zero-order chi connectivity index (χ0) is 16.8. The van der Waals surface area contributed by atoms with Gasteiger partial charge >= 0.3 is 0 Å². The number of hydrogen-bond donors (Lipinski definition) is 1.